The number of halogens is 1. The number of anilines is 1. The first-order valence-electron chi connectivity index (χ1n) is 7.12. The van der Waals surface area contributed by atoms with E-state index >= 15 is 0 Å². The lowest BCUT2D eigenvalue weighted by Gasteiger charge is -2.08. The van der Waals surface area contributed by atoms with Crippen molar-refractivity contribution in [3.05, 3.63) is 64.1 Å². The van der Waals surface area contributed by atoms with Crippen molar-refractivity contribution in [1.82, 2.24) is 0 Å². The van der Waals surface area contributed by atoms with Crippen molar-refractivity contribution in [2.75, 3.05) is 11.9 Å². The number of amides is 1. The smallest absolute Gasteiger partial charge is 0.341 e. The zero-order chi connectivity index (χ0) is 18.2. The number of nitrogens with one attached hydrogen (secondary N) is 1. The van der Waals surface area contributed by atoms with Crippen molar-refractivity contribution in [3.63, 3.8) is 0 Å². The summed E-state index contributed by atoms with van der Waals surface area (Å²) in [5.41, 5.74) is 0.840. The number of ether oxygens (including phenoxy) is 1. The van der Waals surface area contributed by atoms with Crippen LogP contribution in [0.25, 0.3) is 6.08 Å². The minimum Gasteiger partial charge on any atom is -0.481 e. The van der Waals surface area contributed by atoms with Crippen LogP contribution in [0.2, 0.25) is 0 Å². The van der Waals surface area contributed by atoms with Crippen LogP contribution in [-0.2, 0) is 9.59 Å². The van der Waals surface area contributed by atoms with Crippen molar-refractivity contribution in [3.8, 4) is 11.8 Å². The third-order valence-electron chi connectivity index (χ3n) is 3.02. The average molecular weight is 401 g/mol. The molecule has 126 valence electrons. The molecular formula is C18H13BrN2O4. The molecular weight excluding hydrogens is 388 g/mol. The van der Waals surface area contributed by atoms with E-state index in [-0.39, 0.29) is 11.3 Å². The number of carboxylic acids is 1. The lowest BCUT2D eigenvalue weighted by atomic mass is 10.1. The van der Waals surface area contributed by atoms with Crippen LogP contribution in [0.5, 0.6) is 5.75 Å². The van der Waals surface area contributed by atoms with E-state index in [0.29, 0.717) is 11.3 Å². The van der Waals surface area contributed by atoms with Crippen LogP contribution in [0.3, 0.4) is 0 Å². The summed E-state index contributed by atoms with van der Waals surface area (Å²) in [7, 11) is 0. The maximum atomic E-state index is 12.3. The van der Waals surface area contributed by atoms with E-state index in [2.05, 4.69) is 21.2 Å². The molecule has 0 bridgehead atoms. The normalized spacial score (nSPS) is 10.6. The Morgan fingerprint density at radius 2 is 2.00 bits per heavy atom. The largest absolute Gasteiger partial charge is 0.481 e. The molecule has 0 aliphatic carbocycles. The highest BCUT2D eigenvalue weighted by molar-refractivity contribution is 9.10. The molecule has 2 rings (SSSR count). The van der Waals surface area contributed by atoms with E-state index in [1.807, 2.05) is 12.1 Å². The van der Waals surface area contributed by atoms with E-state index in [4.69, 9.17) is 9.84 Å². The Hall–Kier alpha value is -3.11. The minimum absolute atomic E-state index is 0.133. The van der Waals surface area contributed by atoms with Crippen LogP contribution in [0.15, 0.2) is 58.6 Å². The monoisotopic (exact) mass is 400 g/mol. The van der Waals surface area contributed by atoms with Gasteiger partial charge >= 0.3 is 5.97 Å². The number of aliphatic carboxylic acids is 1. The fourth-order valence-electron chi connectivity index (χ4n) is 1.94. The van der Waals surface area contributed by atoms with E-state index in [9.17, 15) is 14.9 Å². The number of hydrogen-bond donors (Lipinski definition) is 2. The van der Waals surface area contributed by atoms with Gasteiger partial charge in [0.25, 0.3) is 5.91 Å². The van der Waals surface area contributed by atoms with Crippen LogP contribution < -0.4 is 10.1 Å². The number of benzene rings is 2. The molecule has 1 amide bonds. The molecule has 0 saturated heterocycles. The molecule has 25 heavy (non-hydrogen) atoms. The van der Waals surface area contributed by atoms with Crippen molar-refractivity contribution < 1.29 is 19.4 Å². The summed E-state index contributed by atoms with van der Waals surface area (Å²) in [5.74, 6) is -1.42. The topological polar surface area (TPSA) is 99.4 Å². The Bertz CT molecular complexity index is 871. The highest BCUT2D eigenvalue weighted by Crippen LogP contribution is 2.22. The number of nitriles is 1. The summed E-state index contributed by atoms with van der Waals surface area (Å²) in [4.78, 5) is 22.9. The minimum atomic E-state index is -1.12. The number of para-hydroxylation sites is 1. The van der Waals surface area contributed by atoms with Gasteiger partial charge in [0, 0.05) is 15.7 Å². The molecule has 0 atom stereocenters. The van der Waals surface area contributed by atoms with E-state index in [1.54, 1.807) is 42.5 Å². The average Bonchev–Trinajstić information content (AvgIpc) is 2.58. The zero-order valence-corrected chi connectivity index (χ0v) is 14.5. The Labute approximate surface area is 152 Å². The van der Waals surface area contributed by atoms with Crippen molar-refractivity contribution in [2.24, 2.45) is 0 Å². The van der Waals surface area contributed by atoms with Crippen LogP contribution in [0.1, 0.15) is 5.56 Å². The molecule has 0 fully saturated rings. The quantitative estimate of drug-likeness (QED) is 0.571. The Morgan fingerprint density at radius 3 is 2.68 bits per heavy atom. The van der Waals surface area contributed by atoms with Crippen LogP contribution in [0.4, 0.5) is 5.69 Å². The first kappa shape index (κ1) is 18.2. The molecule has 0 spiro atoms. The second-order valence-corrected chi connectivity index (χ2v) is 5.77. The van der Waals surface area contributed by atoms with Gasteiger partial charge in [-0.15, -0.1) is 0 Å². The Balaban J connectivity index is 2.23. The number of carbonyl (C=O) groups is 2. The molecule has 2 aromatic rings. The fourth-order valence-corrected chi connectivity index (χ4v) is 2.34. The second kappa shape index (κ2) is 8.66. The van der Waals surface area contributed by atoms with E-state index in [0.717, 1.165) is 4.47 Å². The summed E-state index contributed by atoms with van der Waals surface area (Å²) in [6, 6.07) is 15.4. The second-order valence-electron chi connectivity index (χ2n) is 4.85. The first-order chi connectivity index (χ1) is 12.0. The standard InChI is InChI=1S/C18H13BrN2O4/c19-14-5-3-6-15(9-14)21-18(24)13(10-20)8-12-4-1-2-7-16(12)25-11-17(22)23/h1-9H,11H2,(H,21,24)(H,22,23). The summed E-state index contributed by atoms with van der Waals surface area (Å²) < 4.78 is 5.96. The molecule has 2 N–H and O–H groups in total. The molecule has 0 heterocycles. The number of nitrogens with zero attached hydrogens (tertiary/aromatic N) is 1. The molecule has 0 saturated carbocycles. The van der Waals surface area contributed by atoms with Gasteiger partial charge in [-0.3, -0.25) is 4.79 Å². The lowest BCUT2D eigenvalue weighted by Crippen LogP contribution is -2.13. The molecule has 0 aliphatic heterocycles. The van der Waals surface area contributed by atoms with Gasteiger partial charge in [-0.2, -0.15) is 5.26 Å². The lowest BCUT2D eigenvalue weighted by molar-refractivity contribution is -0.139. The molecule has 2 aromatic carbocycles. The first-order valence-corrected chi connectivity index (χ1v) is 7.91. The number of carbonyl (C=O) groups excluding carboxylic acids is 1. The SMILES string of the molecule is N#CC(=Cc1ccccc1OCC(=O)O)C(=O)Nc1cccc(Br)c1. The highest BCUT2D eigenvalue weighted by Gasteiger charge is 2.12. The predicted octanol–water partition coefficient (Wildman–Crippen LogP) is 3.46. The summed E-state index contributed by atoms with van der Waals surface area (Å²) in [6.45, 7) is -0.517. The maximum Gasteiger partial charge on any atom is 0.341 e. The highest BCUT2D eigenvalue weighted by atomic mass is 79.9. The van der Waals surface area contributed by atoms with Gasteiger partial charge in [0.05, 0.1) is 0 Å². The van der Waals surface area contributed by atoms with Crippen molar-refractivity contribution in [2.45, 2.75) is 0 Å². The van der Waals surface area contributed by atoms with Crippen LogP contribution >= 0.6 is 15.9 Å². The van der Waals surface area contributed by atoms with Crippen molar-refractivity contribution >= 4 is 39.6 Å². The molecule has 6 nitrogen and oxygen atoms in total. The van der Waals surface area contributed by atoms with Gasteiger partial charge in [-0.25, -0.2) is 4.79 Å². The van der Waals surface area contributed by atoms with Gasteiger partial charge in [-0.05, 0) is 30.3 Å². The Kier molecular flexibility index (Phi) is 6.32. The van der Waals surface area contributed by atoms with Gasteiger partial charge in [0.2, 0.25) is 0 Å². The molecule has 0 aromatic heterocycles. The zero-order valence-electron chi connectivity index (χ0n) is 12.9. The summed E-state index contributed by atoms with van der Waals surface area (Å²) >= 11 is 3.30. The number of rotatable bonds is 6. The molecule has 0 aliphatic rings. The van der Waals surface area contributed by atoms with E-state index < -0.39 is 18.5 Å². The van der Waals surface area contributed by atoms with Gasteiger partial charge in [0.15, 0.2) is 6.61 Å². The van der Waals surface area contributed by atoms with Gasteiger partial charge in [-0.1, -0.05) is 40.2 Å². The fraction of sp³-hybridized carbons (Fsp3) is 0.0556. The third kappa shape index (κ3) is 5.48. The number of carboxylic acid groups (broad SMARTS) is 1. The maximum absolute atomic E-state index is 12.3. The summed E-state index contributed by atoms with van der Waals surface area (Å²) in [5, 5.41) is 20.6. The molecule has 0 unspecified atom stereocenters. The van der Waals surface area contributed by atoms with Crippen LogP contribution in [-0.4, -0.2) is 23.6 Å². The van der Waals surface area contributed by atoms with E-state index in [1.165, 1.54) is 6.08 Å². The van der Waals surface area contributed by atoms with Gasteiger partial charge in [0.1, 0.15) is 17.4 Å². The number of hydrogen-bond acceptors (Lipinski definition) is 4. The molecule has 0 radical (unpaired) electrons. The third-order valence-corrected chi connectivity index (χ3v) is 3.51. The van der Waals surface area contributed by atoms with Crippen LogP contribution in [0, 0.1) is 11.3 Å². The van der Waals surface area contributed by atoms with Gasteiger partial charge < -0.3 is 15.2 Å². The Morgan fingerprint density at radius 1 is 1.24 bits per heavy atom. The predicted molar refractivity (Wildman–Crippen MR) is 95.9 cm³/mol. The molecule has 7 heteroatoms. The van der Waals surface area contributed by atoms with Crippen molar-refractivity contribution in [1.29, 1.82) is 5.26 Å². The summed E-state index contributed by atoms with van der Waals surface area (Å²) in [6.07, 6.45) is 1.35.